The Bertz CT molecular complexity index is 194. The molecule has 0 N–H and O–H groups in total. The smallest absolute Gasteiger partial charge is 0.0117 e. The third-order valence-electron chi connectivity index (χ3n) is 1.95. The van der Waals surface area contributed by atoms with E-state index in [1.165, 1.54) is 0 Å². The van der Waals surface area contributed by atoms with Gasteiger partial charge < -0.3 is 0 Å². The first kappa shape index (κ1) is 12.7. The first-order chi connectivity index (χ1) is 6.07. The van der Waals surface area contributed by atoms with Crippen molar-refractivity contribution < 1.29 is 0 Å². The van der Waals surface area contributed by atoms with Crippen molar-refractivity contribution in [3.05, 3.63) is 37.0 Å². The van der Waals surface area contributed by atoms with Gasteiger partial charge in [0.25, 0.3) is 0 Å². The lowest BCUT2D eigenvalue weighted by molar-refractivity contribution is 0.501. The summed E-state index contributed by atoms with van der Waals surface area (Å²) in [6.07, 6.45) is 6.83. The van der Waals surface area contributed by atoms with Crippen molar-refractivity contribution in [2.75, 3.05) is 13.6 Å². The van der Waals surface area contributed by atoms with E-state index in [0.717, 1.165) is 18.5 Å². The fraction of sp³-hybridized carbons (Fsp3) is 0.455. The molecule has 0 aromatic heterocycles. The van der Waals surface area contributed by atoms with E-state index in [0.29, 0.717) is 5.92 Å². The minimum Gasteiger partial charge on any atom is -0.245 e. The normalized spacial score (nSPS) is 13.5. The largest absolute Gasteiger partial charge is 0.245 e. The molecule has 0 bridgehead atoms. The van der Waals surface area contributed by atoms with Gasteiger partial charge in [-0.2, -0.15) is 0 Å². The van der Waals surface area contributed by atoms with Crippen molar-refractivity contribution in [2.45, 2.75) is 13.3 Å². The Hall–Kier alpha value is -0.340. The third-order valence-corrected chi connectivity index (χ3v) is 2.30. The minimum absolute atomic E-state index is 0.524. The van der Waals surface area contributed by atoms with Gasteiger partial charge in [0.1, 0.15) is 0 Å². The van der Waals surface area contributed by atoms with Crippen LogP contribution in [0.25, 0.3) is 0 Å². The van der Waals surface area contributed by atoms with Gasteiger partial charge in [-0.25, -0.2) is 3.93 Å². The molecule has 74 valence electrons. The highest BCUT2D eigenvalue weighted by molar-refractivity contribution is 9.07. The van der Waals surface area contributed by atoms with Crippen LogP contribution in [-0.2, 0) is 0 Å². The van der Waals surface area contributed by atoms with Gasteiger partial charge in [-0.05, 0) is 19.4 Å². The summed E-state index contributed by atoms with van der Waals surface area (Å²) in [5.74, 6) is 0.524. The summed E-state index contributed by atoms with van der Waals surface area (Å²) < 4.78 is 2.01. The molecule has 0 radical (unpaired) electrons. The monoisotopic (exact) mass is 243 g/mol. The molecule has 0 fully saturated rings. The van der Waals surface area contributed by atoms with Crippen molar-refractivity contribution in [1.82, 2.24) is 3.93 Å². The summed E-state index contributed by atoms with van der Waals surface area (Å²) in [4.78, 5) is 0. The molecule has 0 rings (SSSR count). The zero-order chi connectivity index (χ0) is 10.3. The fourth-order valence-electron chi connectivity index (χ4n) is 0.913. The average molecular weight is 244 g/mol. The standard InChI is InChI=1S/C11H18BrN/c1-5-6-7-10(2)11(3)8-9-13(4)12/h5-7,11H,1-2,8-9H2,3-4H3. The maximum atomic E-state index is 4.00. The van der Waals surface area contributed by atoms with Crippen molar-refractivity contribution in [3.8, 4) is 0 Å². The molecule has 0 aromatic carbocycles. The van der Waals surface area contributed by atoms with Crippen molar-refractivity contribution >= 4 is 16.1 Å². The number of rotatable bonds is 6. The highest BCUT2D eigenvalue weighted by Crippen LogP contribution is 2.14. The molecule has 0 saturated heterocycles. The maximum absolute atomic E-state index is 4.00. The van der Waals surface area contributed by atoms with E-state index >= 15 is 0 Å². The highest BCUT2D eigenvalue weighted by Gasteiger charge is 2.04. The van der Waals surface area contributed by atoms with Gasteiger partial charge in [0.2, 0.25) is 0 Å². The second kappa shape index (κ2) is 7.10. The van der Waals surface area contributed by atoms with Gasteiger partial charge in [-0.3, -0.25) is 0 Å². The summed E-state index contributed by atoms with van der Waals surface area (Å²) in [6.45, 7) is 10.8. The SMILES string of the molecule is C=CC=CC(=C)C(C)CCN(C)Br. The third kappa shape index (κ3) is 6.79. The number of allylic oxidation sites excluding steroid dienone is 4. The number of nitrogens with zero attached hydrogens (tertiary/aromatic N) is 1. The van der Waals surface area contributed by atoms with E-state index in [1.807, 2.05) is 23.1 Å². The Balaban J connectivity index is 3.82. The van der Waals surface area contributed by atoms with Gasteiger partial charge in [0.15, 0.2) is 0 Å². The molecular weight excluding hydrogens is 226 g/mol. The van der Waals surface area contributed by atoms with E-state index in [9.17, 15) is 0 Å². The summed E-state index contributed by atoms with van der Waals surface area (Å²) in [6, 6.07) is 0. The van der Waals surface area contributed by atoms with Gasteiger partial charge in [-0.1, -0.05) is 43.9 Å². The molecule has 0 aliphatic heterocycles. The van der Waals surface area contributed by atoms with Crippen molar-refractivity contribution in [3.63, 3.8) is 0 Å². The average Bonchev–Trinajstić information content (AvgIpc) is 2.10. The molecular formula is C11H18BrN. The minimum atomic E-state index is 0.524. The number of halogens is 1. The Morgan fingerprint density at radius 3 is 2.69 bits per heavy atom. The summed E-state index contributed by atoms with van der Waals surface area (Å²) in [5.41, 5.74) is 1.16. The lowest BCUT2D eigenvalue weighted by Crippen LogP contribution is -2.10. The Morgan fingerprint density at radius 1 is 1.62 bits per heavy atom. The second-order valence-electron chi connectivity index (χ2n) is 3.19. The lowest BCUT2D eigenvalue weighted by Gasteiger charge is -2.13. The molecule has 1 nitrogen and oxygen atoms in total. The highest BCUT2D eigenvalue weighted by atomic mass is 79.9. The predicted molar refractivity (Wildman–Crippen MR) is 63.8 cm³/mol. The topological polar surface area (TPSA) is 3.24 Å². The van der Waals surface area contributed by atoms with Crippen LogP contribution in [0.5, 0.6) is 0 Å². The summed E-state index contributed by atoms with van der Waals surface area (Å²) in [7, 11) is 2.01. The van der Waals surface area contributed by atoms with Crippen LogP contribution in [0, 0.1) is 5.92 Å². The van der Waals surface area contributed by atoms with Crippen LogP contribution >= 0.6 is 16.1 Å². The first-order valence-electron chi connectivity index (χ1n) is 4.42. The van der Waals surface area contributed by atoms with E-state index in [2.05, 4.69) is 36.2 Å². The van der Waals surface area contributed by atoms with Crippen molar-refractivity contribution in [2.24, 2.45) is 5.92 Å². The first-order valence-corrected chi connectivity index (χ1v) is 5.13. The quantitative estimate of drug-likeness (QED) is 0.510. The molecule has 2 heteroatoms. The number of hydrogen-bond donors (Lipinski definition) is 0. The van der Waals surface area contributed by atoms with Gasteiger partial charge in [-0.15, -0.1) is 0 Å². The Kier molecular flexibility index (Phi) is 6.92. The Morgan fingerprint density at radius 2 is 2.23 bits per heavy atom. The Labute approximate surface area is 90.2 Å². The molecule has 0 amide bonds. The van der Waals surface area contributed by atoms with E-state index in [-0.39, 0.29) is 0 Å². The zero-order valence-corrected chi connectivity index (χ0v) is 10.0. The van der Waals surface area contributed by atoms with Gasteiger partial charge >= 0.3 is 0 Å². The van der Waals surface area contributed by atoms with Crippen LogP contribution in [0.15, 0.2) is 37.0 Å². The molecule has 0 aromatic rings. The summed E-state index contributed by atoms with van der Waals surface area (Å²) >= 11 is 3.37. The van der Waals surface area contributed by atoms with Crippen LogP contribution in [-0.4, -0.2) is 17.5 Å². The predicted octanol–water partition coefficient (Wildman–Crippen LogP) is 3.55. The number of hydrogen-bond acceptors (Lipinski definition) is 1. The van der Waals surface area contributed by atoms with Crippen LogP contribution in [0.3, 0.4) is 0 Å². The van der Waals surface area contributed by atoms with E-state index < -0.39 is 0 Å². The molecule has 1 atom stereocenters. The maximum Gasteiger partial charge on any atom is 0.0117 e. The zero-order valence-electron chi connectivity index (χ0n) is 8.46. The molecule has 0 spiro atoms. The van der Waals surface area contributed by atoms with Crippen LogP contribution in [0.4, 0.5) is 0 Å². The van der Waals surface area contributed by atoms with Crippen LogP contribution in [0.2, 0.25) is 0 Å². The van der Waals surface area contributed by atoms with Gasteiger partial charge in [0.05, 0.1) is 0 Å². The second-order valence-corrected chi connectivity index (χ2v) is 4.40. The fourth-order valence-corrected chi connectivity index (χ4v) is 1.12. The molecule has 0 saturated carbocycles. The van der Waals surface area contributed by atoms with Crippen LogP contribution < -0.4 is 0 Å². The van der Waals surface area contributed by atoms with Crippen molar-refractivity contribution in [1.29, 1.82) is 0 Å². The molecule has 13 heavy (non-hydrogen) atoms. The van der Waals surface area contributed by atoms with E-state index in [4.69, 9.17) is 0 Å². The molecule has 0 aliphatic rings. The lowest BCUT2D eigenvalue weighted by atomic mass is 9.99. The molecule has 0 aliphatic carbocycles. The van der Waals surface area contributed by atoms with Gasteiger partial charge in [0, 0.05) is 22.7 Å². The van der Waals surface area contributed by atoms with Crippen LogP contribution in [0.1, 0.15) is 13.3 Å². The molecule has 1 unspecified atom stereocenters. The van der Waals surface area contributed by atoms with E-state index in [1.54, 1.807) is 6.08 Å². The molecule has 0 heterocycles. The summed E-state index contributed by atoms with van der Waals surface area (Å²) in [5, 5.41) is 0.